The van der Waals surface area contributed by atoms with Crippen LogP contribution >= 0.6 is 0 Å². The fourth-order valence-electron chi connectivity index (χ4n) is 4.72. The van der Waals surface area contributed by atoms with Crippen LogP contribution in [0.15, 0.2) is 0 Å². The Morgan fingerprint density at radius 3 is 1.85 bits per heavy atom. The zero-order chi connectivity index (χ0) is 8.89. The summed E-state index contributed by atoms with van der Waals surface area (Å²) in [5.74, 6) is 6.09. The van der Waals surface area contributed by atoms with Gasteiger partial charge in [-0.1, -0.05) is 0 Å². The fourth-order valence-corrected chi connectivity index (χ4v) is 4.72. The molecule has 4 aliphatic carbocycles. The van der Waals surface area contributed by atoms with Gasteiger partial charge in [0.15, 0.2) is 0 Å². The van der Waals surface area contributed by atoms with Crippen molar-refractivity contribution in [2.24, 2.45) is 23.2 Å². The van der Waals surface area contributed by atoms with Crippen molar-refractivity contribution in [3.05, 3.63) is 0 Å². The number of hydrogen-bond donors (Lipinski definition) is 0. The summed E-state index contributed by atoms with van der Waals surface area (Å²) in [5.41, 5.74) is 0.615. The minimum Gasteiger partial charge on any atom is -0.120 e. The Kier molecular flexibility index (Phi) is 1.54. The Morgan fingerprint density at radius 1 is 1.00 bits per heavy atom. The van der Waals surface area contributed by atoms with Crippen molar-refractivity contribution in [2.45, 2.75) is 44.9 Å². The van der Waals surface area contributed by atoms with E-state index in [2.05, 4.69) is 5.92 Å². The molecule has 0 N–H and O–H groups in total. The smallest absolute Gasteiger partial charge is 0.0143 e. The summed E-state index contributed by atoms with van der Waals surface area (Å²) in [4.78, 5) is 0. The lowest BCUT2D eigenvalue weighted by molar-refractivity contribution is -0.0494. The second kappa shape index (κ2) is 2.53. The molecule has 0 radical (unpaired) electrons. The Hall–Kier alpha value is -0.440. The molecule has 0 unspecified atom stereocenters. The van der Waals surface area contributed by atoms with E-state index in [9.17, 15) is 0 Å². The molecule has 0 atom stereocenters. The average Bonchev–Trinajstić information content (AvgIpc) is 2.00. The number of hydrogen-bond acceptors (Lipinski definition) is 0. The van der Waals surface area contributed by atoms with E-state index >= 15 is 0 Å². The van der Waals surface area contributed by atoms with Crippen molar-refractivity contribution in [2.75, 3.05) is 0 Å². The first kappa shape index (κ1) is 7.92. The molecule has 0 amide bonds. The molecule has 4 aliphatic rings. The topological polar surface area (TPSA) is 0 Å². The first-order valence-corrected chi connectivity index (χ1v) is 5.73. The first-order chi connectivity index (χ1) is 6.30. The van der Waals surface area contributed by atoms with Gasteiger partial charge in [0, 0.05) is 6.42 Å². The van der Waals surface area contributed by atoms with Crippen LogP contribution in [0.5, 0.6) is 0 Å². The second-order valence-corrected chi connectivity index (χ2v) is 5.80. The Morgan fingerprint density at radius 2 is 1.46 bits per heavy atom. The molecule has 70 valence electrons. The van der Waals surface area contributed by atoms with E-state index in [1.165, 1.54) is 38.5 Å². The van der Waals surface area contributed by atoms with Gasteiger partial charge in [0.25, 0.3) is 0 Å². The van der Waals surface area contributed by atoms with Gasteiger partial charge in [0.1, 0.15) is 0 Å². The minimum atomic E-state index is 0.615. The van der Waals surface area contributed by atoms with Gasteiger partial charge in [-0.15, -0.1) is 12.3 Å². The van der Waals surface area contributed by atoms with E-state index in [-0.39, 0.29) is 0 Å². The predicted molar refractivity (Wildman–Crippen MR) is 54.1 cm³/mol. The summed E-state index contributed by atoms with van der Waals surface area (Å²) in [6.45, 7) is 0. The van der Waals surface area contributed by atoms with Crippen LogP contribution in [-0.4, -0.2) is 0 Å². The average molecular weight is 174 g/mol. The van der Waals surface area contributed by atoms with Gasteiger partial charge < -0.3 is 0 Å². The molecule has 0 aromatic carbocycles. The summed E-state index contributed by atoms with van der Waals surface area (Å²) >= 11 is 0. The highest BCUT2D eigenvalue weighted by atomic mass is 14.5. The zero-order valence-electron chi connectivity index (χ0n) is 8.26. The molecule has 4 saturated carbocycles. The molecule has 0 saturated heterocycles. The van der Waals surface area contributed by atoms with Crippen LogP contribution in [0.4, 0.5) is 0 Å². The van der Waals surface area contributed by atoms with Gasteiger partial charge in [-0.2, -0.15) is 0 Å². The molecule has 0 aromatic heterocycles. The van der Waals surface area contributed by atoms with Crippen molar-refractivity contribution < 1.29 is 0 Å². The summed E-state index contributed by atoms with van der Waals surface area (Å²) in [6.07, 6.45) is 15.5. The molecular weight excluding hydrogens is 156 g/mol. The largest absolute Gasteiger partial charge is 0.120 e. The maximum atomic E-state index is 5.50. The van der Waals surface area contributed by atoms with Crippen LogP contribution in [-0.2, 0) is 0 Å². The standard InChI is InChI=1S/C13H18/c1-2-3-13-7-10-4-11(8-13)6-12(5-10)9-13/h1,10-12H,3-9H2. The quantitative estimate of drug-likeness (QED) is 0.535. The summed E-state index contributed by atoms with van der Waals surface area (Å²) in [5, 5.41) is 0. The first-order valence-electron chi connectivity index (χ1n) is 5.73. The van der Waals surface area contributed by atoms with E-state index in [4.69, 9.17) is 6.42 Å². The molecule has 0 aromatic rings. The highest BCUT2D eigenvalue weighted by Crippen LogP contribution is 2.61. The molecule has 4 rings (SSSR count). The molecule has 4 fully saturated rings. The highest BCUT2D eigenvalue weighted by molar-refractivity contribution is 5.06. The van der Waals surface area contributed by atoms with Gasteiger partial charge in [0.05, 0.1) is 0 Å². The van der Waals surface area contributed by atoms with Crippen LogP contribution < -0.4 is 0 Å². The Labute approximate surface area is 81.1 Å². The number of terminal acetylenes is 1. The van der Waals surface area contributed by atoms with Gasteiger partial charge in [-0.3, -0.25) is 0 Å². The van der Waals surface area contributed by atoms with Crippen molar-refractivity contribution in [1.29, 1.82) is 0 Å². The van der Waals surface area contributed by atoms with E-state index < -0.39 is 0 Å². The van der Waals surface area contributed by atoms with Crippen LogP contribution in [0.25, 0.3) is 0 Å². The third kappa shape index (κ3) is 1.13. The lowest BCUT2D eigenvalue weighted by atomic mass is 9.49. The summed E-state index contributed by atoms with van der Waals surface area (Å²) < 4.78 is 0. The maximum absolute atomic E-state index is 5.50. The van der Waals surface area contributed by atoms with Crippen molar-refractivity contribution in [3.8, 4) is 12.3 Å². The van der Waals surface area contributed by atoms with Gasteiger partial charge in [0.2, 0.25) is 0 Å². The number of rotatable bonds is 1. The third-order valence-corrected chi connectivity index (χ3v) is 4.64. The minimum absolute atomic E-state index is 0.615. The molecule has 0 aliphatic heterocycles. The van der Waals surface area contributed by atoms with E-state index in [0.29, 0.717) is 5.41 Å². The van der Waals surface area contributed by atoms with Crippen LogP contribution in [0, 0.1) is 35.5 Å². The normalized spacial score (nSPS) is 52.1. The van der Waals surface area contributed by atoms with Crippen molar-refractivity contribution >= 4 is 0 Å². The molecule has 0 heteroatoms. The van der Waals surface area contributed by atoms with Crippen LogP contribution in [0.1, 0.15) is 44.9 Å². The molecular formula is C13H18. The molecule has 0 spiro atoms. The fraction of sp³-hybridized carbons (Fsp3) is 0.846. The molecule has 4 bridgehead atoms. The molecule has 0 nitrogen and oxygen atoms in total. The highest BCUT2D eigenvalue weighted by Gasteiger charge is 2.50. The van der Waals surface area contributed by atoms with E-state index in [0.717, 1.165) is 24.2 Å². The molecule has 13 heavy (non-hydrogen) atoms. The maximum Gasteiger partial charge on any atom is 0.0143 e. The predicted octanol–water partition coefficient (Wildman–Crippen LogP) is 3.23. The Balaban J connectivity index is 1.88. The van der Waals surface area contributed by atoms with E-state index in [1.807, 2.05) is 0 Å². The Bertz CT molecular complexity index is 220. The van der Waals surface area contributed by atoms with E-state index in [1.54, 1.807) is 0 Å². The van der Waals surface area contributed by atoms with Crippen LogP contribution in [0.2, 0.25) is 0 Å². The van der Waals surface area contributed by atoms with Crippen molar-refractivity contribution in [1.82, 2.24) is 0 Å². The monoisotopic (exact) mass is 174 g/mol. The second-order valence-electron chi connectivity index (χ2n) is 5.80. The van der Waals surface area contributed by atoms with Gasteiger partial charge in [-0.05, 0) is 61.7 Å². The third-order valence-electron chi connectivity index (χ3n) is 4.64. The van der Waals surface area contributed by atoms with Crippen molar-refractivity contribution in [3.63, 3.8) is 0 Å². The lowest BCUT2D eigenvalue weighted by Crippen LogP contribution is -2.45. The van der Waals surface area contributed by atoms with Gasteiger partial charge in [-0.25, -0.2) is 0 Å². The van der Waals surface area contributed by atoms with Gasteiger partial charge >= 0.3 is 0 Å². The summed E-state index contributed by atoms with van der Waals surface area (Å²) in [7, 11) is 0. The molecule has 0 heterocycles. The summed E-state index contributed by atoms with van der Waals surface area (Å²) in [6, 6.07) is 0. The van der Waals surface area contributed by atoms with Crippen LogP contribution in [0.3, 0.4) is 0 Å². The lowest BCUT2D eigenvalue weighted by Gasteiger charge is -2.56. The zero-order valence-corrected chi connectivity index (χ0v) is 8.26. The SMILES string of the molecule is C#CCC12CC3CC(CC(C3)C1)C2.